The van der Waals surface area contributed by atoms with Crippen molar-refractivity contribution in [2.75, 3.05) is 7.11 Å². The van der Waals surface area contributed by atoms with Crippen LogP contribution in [-0.4, -0.2) is 19.0 Å². The highest BCUT2D eigenvalue weighted by Gasteiger charge is 2.18. The van der Waals surface area contributed by atoms with Crippen LogP contribution in [0.5, 0.6) is 0 Å². The predicted octanol–water partition coefficient (Wildman–Crippen LogP) is 2.56. The van der Waals surface area contributed by atoms with Gasteiger partial charge < -0.3 is 4.74 Å². The number of Topliss-reactive ketones (excluding diaryl/α,β-unsaturated/α-hetero) is 1. The van der Waals surface area contributed by atoms with Gasteiger partial charge in [-0.1, -0.05) is 19.8 Å². The third-order valence-electron chi connectivity index (χ3n) is 2.86. The number of methoxy groups -OCH3 is 1. The Hall–Kier alpha value is -0.370. The molecular formula is C11H20O2. The van der Waals surface area contributed by atoms with Crippen molar-refractivity contribution in [3.05, 3.63) is 0 Å². The summed E-state index contributed by atoms with van der Waals surface area (Å²) in [5, 5.41) is 0. The molecule has 0 heterocycles. The van der Waals surface area contributed by atoms with E-state index in [2.05, 4.69) is 6.92 Å². The van der Waals surface area contributed by atoms with E-state index in [0.29, 0.717) is 18.1 Å². The Morgan fingerprint density at radius 3 is 2.85 bits per heavy atom. The fourth-order valence-electron chi connectivity index (χ4n) is 2.00. The molecule has 0 spiro atoms. The summed E-state index contributed by atoms with van der Waals surface area (Å²) in [6, 6.07) is 0. The Kier molecular flexibility index (Phi) is 4.43. The third-order valence-corrected chi connectivity index (χ3v) is 2.86. The second kappa shape index (κ2) is 5.38. The van der Waals surface area contributed by atoms with Crippen LogP contribution in [0.2, 0.25) is 0 Å². The summed E-state index contributed by atoms with van der Waals surface area (Å²) in [6.07, 6.45) is 6.10. The Bertz CT molecular complexity index is 165. The van der Waals surface area contributed by atoms with Crippen LogP contribution in [0.1, 0.15) is 45.4 Å². The molecule has 0 amide bonds. The first-order chi connectivity index (χ1) is 6.22. The van der Waals surface area contributed by atoms with E-state index in [1.807, 2.05) is 0 Å². The summed E-state index contributed by atoms with van der Waals surface area (Å²) < 4.78 is 5.30. The van der Waals surface area contributed by atoms with Gasteiger partial charge in [-0.25, -0.2) is 0 Å². The van der Waals surface area contributed by atoms with Gasteiger partial charge in [0.15, 0.2) is 0 Å². The number of ether oxygens (including phenoxy) is 1. The fraction of sp³-hybridized carbons (Fsp3) is 0.909. The maximum atomic E-state index is 11.4. The molecule has 2 atom stereocenters. The molecule has 0 radical (unpaired) electrons. The minimum absolute atomic E-state index is 0.167. The van der Waals surface area contributed by atoms with Gasteiger partial charge in [0.25, 0.3) is 0 Å². The van der Waals surface area contributed by atoms with Gasteiger partial charge in [-0.3, -0.25) is 4.79 Å². The molecule has 1 aliphatic carbocycles. The standard InChI is InChI=1S/C11H20O2/c1-9-5-3-4-6-10(12)8-11(7-9)13-2/h9,11H,3-8H2,1-2H3. The first-order valence-electron chi connectivity index (χ1n) is 5.27. The smallest absolute Gasteiger partial charge is 0.135 e. The highest BCUT2D eigenvalue weighted by Crippen LogP contribution is 2.21. The predicted molar refractivity (Wildman–Crippen MR) is 52.7 cm³/mol. The van der Waals surface area contributed by atoms with Crippen LogP contribution in [0.25, 0.3) is 0 Å². The average molecular weight is 184 g/mol. The molecule has 0 aromatic heterocycles. The summed E-state index contributed by atoms with van der Waals surface area (Å²) in [7, 11) is 1.71. The Morgan fingerprint density at radius 1 is 1.38 bits per heavy atom. The molecule has 0 aromatic carbocycles. The number of ketones is 1. The number of hydrogen-bond donors (Lipinski definition) is 0. The first kappa shape index (κ1) is 10.7. The molecule has 1 fully saturated rings. The lowest BCUT2D eigenvalue weighted by Crippen LogP contribution is -2.17. The highest BCUT2D eigenvalue weighted by atomic mass is 16.5. The number of carbonyl (C=O) groups is 1. The van der Waals surface area contributed by atoms with Crippen molar-refractivity contribution >= 4 is 5.78 Å². The Labute approximate surface area is 80.7 Å². The second-order valence-corrected chi connectivity index (χ2v) is 4.19. The van der Waals surface area contributed by atoms with Crippen LogP contribution in [0.15, 0.2) is 0 Å². The highest BCUT2D eigenvalue weighted by molar-refractivity contribution is 5.78. The van der Waals surface area contributed by atoms with Crippen molar-refractivity contribution in [2.24, 2.45) is 5.92 Å². The molecule has 1 saturated carbocycles. The summed E-state index contributed by atoms with van der Waals surface area (Å²) >= 11 is 0. The minimum Gasteiger partial charge on any atom is -0.381 e. The van der Waals surface area contributed by atoms with Crippen molar-refractivity contribution in [3.63, 3.8) is 0 Å². The third kappa shape index (κ3) is 3.90. The molecule has 13 heavy (non-hydrogen) atoms. The van der Waals surface area contributed by atoms with Gasteiger partial charge in [-0.2, -0.15) is 0 Å². The van der Waals surface area contributed by atoms with Gasteiger partial charge in [-0.05, 0) is 18.8 Å². The molecule has 2 nitrogen and oxygen atoms in total. The topological polar surface area (TPSA) is 26.3 Å². The summed E-state index contributed by atoms with van der Waals surface area (Å²) in [6.45, 7) is 2.25. The summed E-state index contributed by atoms with van der Waals surface area (Å²) in [5.41, 5.74) is 0. The van der Waals surface area contributed by atoms with Crippen molar-refractivity contribution in [1.29, 1.82) is 0 Å². The van der Waals surface area contributed by atoms with Gasteiger partial charge in [0.1, 0.15) is 5.78 Å². The normalized spacial score (nSPS) is 32.0. The van der Waals surface area contributed by atoms with E-state index >= 15 is 0 Å². The van der Waals surface area contributed by atoms with E-state index in [1.54, 1.807) is 7.11 Å². The zero-order chi connectivity index (χ0) is 9.68. The van der Waals surface area contributed by atoms with Crippen molar-refractivity contribution < 1.29 is 9.53 Å². The second-order valence-electron chi connectivity index (χ2n) is 4.19. The lowest BCUT2D eigenvalue weighted by Gasteiger charge is -2.17. The monoisotopic (exact) mass is 184 g/mol. The van der Waals surface area contributed by atoms with E-state index < -0.39 is 0 Å². The SMILES string of the molecule is COC1CC(=O)CCCCC(C)C1. The Balaban J connectivity index is 2.48. The quantitative estimate of drug-likeness (QED) is 0.626. The van der Waals surface area contributed by atoms with E-state index in [0.717, 1.165) is 19.3 Å². The van der Waals surface area contributed by atoms with E-state index in [-0.39, 0.29) is 6.10 Å². The molecule has 0 aliphatic heterocycles. The molecule has 2 heteroatoms. The van der Waals surface area contributed by atoms with Crippen molar-refractivity contribution in [1.82, 2.24) is 0 Å². The largest absolute Gasteiger partial charge is 0.381 e. The summed E-state index contributed by atoms with van der Waals surface area (Å²) in [4.78, 5) is 11.4. The molecule has 0 saturated heterocycles. The minimum atomic E-state index is 0.167. The van der Waals surface area contributed by atoms with Crippen LogP contribution in [0, 0.1) is 5.92 Å². The van der Waals surface area contributed by atoms with Crippen molar-refractivity contribution in [2.45, 2.75) is 51.6 Å². The average Bonchev–Trinajstić information content (AvgIpc) is 2.17. The lowest BCUT2D eigenvalue weighted by molar-refractivity contribution is -0.121. The van der Waals surface area contributed by atoms with Crippen LogP contribution < -0.4 is 0 Å². The molecule has 2 unspecified atom stereocenters. The Morgan fingerprint density at radius 2 is 2.15 bits per heavy atom. The molecule has 0 N–H and O–H groups in total. The molecule has 1 aliphatic rings. The van der Waals surface area contributed by atoms with Crippen LogP contribution in [-0.2, 0) is 9.53 Å². The molecular weight excluding hydrogens is 164 g/mol. The van der Waals surface area contributed by atoms with Gasteiger partial charge >= 0.3 is 0 Å². The van der Waals surface area contributed by atoms with Crippen LogP contribution >= 0.6 is 0 Å². The maximum Gasteiger partial charge on any atom is 0.135 e. The molecule has 1 rings (SSSR count). The number of hydrogen-bond acceptors (Lipinski definition) is 2. The lowest BCUT2D eigenvalue weighted by atomic mass is 9.97. The van der Waals surface area contributed by atoms with Crippen LogP contribution in [0.3, 0.4) is 0 Å². The van der Waals surface area contributed by atoms with Gasteiger partial charge in [0.2, 0.25) is 0 Å². The number of rotatable bonds is 1. The van der Waals surface area contributed by atoms with Crippen molar-refractivity contribution in [3.8, 4) is 0 Å². The molecule has 0 bridgehead atoms. The van der Waals surface area contributed by atoms with Gasteiger partial charge in [0, 0.05) is 20.0 Å². The number of carbonyl (C=O) groups excluding carboxylic acids is 1. The van der Waals surface area contributed by atoms with Crippen LogP contribution in [0.4, 0.5) is 0 Å². The molecule has 0 aromatic rings. The zero-order valence-corrected chi connectivity index (χ0v) is 8.71. The maximum absolute atomic E-state index is 11.4. The van der Waals surface area contributed by atoms with Gasteiger partial charge in [-0.15, -0.1) is 0 Å². The molecule has 76 valence electrons. The van der Waals surface area contributed by atoms with E-state index in [1.165, 1.54) is 12.8 Å². The van der Waals surface area contributed by atoms with E-state index in [4.69, 9.17) is 4.74 Å². The van der Waals surface area contributed by atoms with E-state index in [9.17, 15) is 4.79 Å². The zero-order valence-electron chi connectivity index (χ0n) is 8.71. The summed E-state index contributed by atoms with van der Waals surface area (Å²) in [5.74, 6) is 1.08. The fourth-order valence-corrected chi connectivity index (χ4v) is 2.00. The first-order valence-corrected chi connectivity index (χ1v) is 5.27. The van der Waals surface area contributed by atoms with Gasteiger partial charge in [0.05, 0.1) is 6.10 Å².